The number of allylic oxidation sites excluding steroid dienone is 2. The topological polar surface area (TPSA) is 91.4 Å². The summed E-state index contributed by atoms with van der Waals surface area (Å²) in [5, 5.41) is 5.92. The number of nitrogens with zero attached hydrogens (tertiary/aromatic N) is 2. The van der Waals surface area contributed by atoms with Crippen molar-refractivity contribution < 1.29 is 18.8 Å². The third kappa shape index (κ3) is 6.79. The number of hydrogen-bond donors (Lipinski definition) is 2. The molecule has 1 saturated carbocycles. The second-order valence-corrected chi connectivity index (χ2v) is 13.7. The zero-order valence-corrected chi connectivity index (χ0v) is 24.9. The second kappa shape index (κ2) is 11.5. The smallest absolute Gasteiger partial charge is 0.258 e. The summed E-state index contributed by atoms with van der Waals surface area (Å²) < 4.78 is 14.4. The summed E-state index contributed by atoms with van der Waals surface area (Å²) in [5.41, 5.74) is 1.53. The number of halogens is 1. The van der Waals surface area contributed by atoms with Crippen molar-refractivity contribution in [3.63, 3.8) is 0 Å². The van der Waals surface area contributed by atoms with Gasteiger partial charge in [-0.3, -0.25) is 14.4 Å². The number of nitrogens with one attached hydrogen (secondary N) is 2. The summed E-state index contributed by atoms with van der Waals surface area (Å²) in [6.45, 7) is 12.3. The van der Waals surface area contributed by atoms with Crippen LogP contribution in [0, 0.1) is 18.3 Å². The van der Waals surface area contributed by atoms with Crippen molar-refractivity contribution in [2.24, 2.45) is 11.3 Å². The van der Waals surface area contributed by atoms with Gasteiger partial charge in [-0.2, -0.15) is 0 Å². The molecular weight excluding hydrogens is 515 g/mol. The van der Waals surface area contributed by atoms with Crippen LogP contribution < -0.4 is 10.6 Å². The Kier molecular flexibility index (Phi) is 8.69. The molecule has 2 N–H and O–H groups in total. The first-order valence-electron chi connectivity index (χ1n) is 14.2. The lowest BCUT2D eigenvalue weighted by molar-refractivity contribution is -0.145. The Balaban J connectivity index is 1.46. The first-order valence-corrected chi connectivity index (χ1v) is 15.1. The number of thiazole rings is 1. The summed E-state index contributed by atoms with van der Waals surface area (Å²) in [6, 6.07) is -1.68. The van der Waals surface area contributed by atoms with E-state index in [1.54, 1.807) is 16.2 Å². The van der Waals surface area contributed by atoms with Crippen LogP contribution in [0.1, 0.15) is 89.6 Å². The molecule has 0 bridgehead atoms. The fraction of sp³-hybridized carbons (Fsp3) is 0.667. The Bertz CT molecular complexity index is 1150. The van der Waals surface area contributed by atoms with Crippen molar-refractivity contribution in [2.45, 2.75) is 110 Å². The van der Waals surface area contributed by atoms with Crippen LogP contribution in [0.4, 0.5) is 4.39 Å². The highest BCUT2D eigenvalue weighted by molar-refractivity contribution is 7.09. The lowest BCUT2D eigenvalue weighted by Crippen LogP contribution is -2.59. The predicted octanol–water partition coefficient (Wildman–Crippen LogP) is 4.98. The molecule has 1 aromatic rings. The van der Waals surface area contributed by atoms with Crippen molar-refractivity contribution in [1.82, 2.24) is 20.5 Å². The summed E-state index contributed by atoms with van der Waals surface area (Å²) in [5.74, 6) is -0.565. The van der Waals surface area contributed by atoms with E-state index in [0.717, 1.165) is 24.1 Å². The molecule has 0 radical (unpaired) electrons. The van der Waals surface area contributed by atoms with Crippen molar-refractivity contribution in [3.8, 4) is 0 Å². The third-order valence-corrected chi connectivity index (χ3v) is 9.06. The minimum absolute atomic E-state index is 0.158. The highest BCUT2D eigenvalue weighted by Crippen LogP contribution is 2.40. The molecule has 4 unspecified atom stereocenters. The van der Waals surface area contributed by atoms with Gasteiger partial charge in [-0.15, -0.1) is 11.3 Å². The van der Waals surface area contributed by atoms with Gasteiger partial charge in [-0.25, -0.2) is 9.37 Å². The van der Waals surface area contributed by atoms with E-state index >= 15 is 0 Å². The molecule has 3 aliphatic rings. The van der Waals surface area contributed by atoms with Crippen LogP contribution in [-0.2, 0) is 14.4 Å². The molecule has 1 aliphatic heterocycles. The molecule has 9 heteroatoms. The van der Waals surface area contributed by atoms with Gasteiger partial charge in [0.25, 0.3) is 5.91 Å². The number of carbonyl (C=O) groups excluding carboxylic acids is 3. The van der Waals surface area contributed by atoms with E-state index < -0.39 is 29.1 Å². The van der Waals surface area contributed by atoms with Crippen LogP contribution in [0.25, 0.3) is 0 Å². The van der Waals surface area contributed by atoms with E-state index in [-0.39, 0.29) is 30.7 Å². The molecule has 4 atom stereocenters. The summed E-state index contributed by atoms with van der Waals surface area (Å²) in [7, 11) is 0. The van der Waals surface area contributed by atoms with Gasteiger partial charge in [0.2, 0.25) is 11.8 Å². The molecule has 0 spiro atoms. The Morgan fingerprint density at radius 3 is 2.49 bits per heavy atom. The van der Waals surface area contributed by atoms with E-state index in [4.69, 9.17) is 0 Å². The van der Waals surface area contributed by atoms with Crippen molar-refractivity contribution in [3.05, 3.63) is 39.9 Å². The molecule has 0 aromatic carbocycles. The molecule has 2 aliphatic carbocycles. The highest BCUT2D eigenvalue weighted by atomic mass is 32.1. The fourth-order valence-electron chi connectivity index (χ4n) is 5.49. The number of aromatic nitrogens is 1. The molecule has 4 rings (SSSR count). The zero-order chi connectivity index (χ0) is 28.5. The first kappa shape index (κ1) is 29.4. The average molecular weight is 559 g/mol. The van der Waals surface area contributed by atoms with Gasteiger partial charge < -0.3 is 15.5 Å². The lowest BCUT2D eigenvalue weighted by atomic mass is 9.85. The van der Waals surface area contributed by atoms with Gasteiger partial charge in [0.1, 0.15) is 12.1 Å². The Labute approximate surface area is 235 Å². The molecule has 39 heavy (non-hydrogen) atoms. The molecule has 2 heterocycles. The van der Waals surface area contributed by atoms with E-state index in [2.05, 4.69) is 47.7 Å². The molecule has 2 fully saturated rings. The number of aryl methyl sites for hydroxylation is 1. The zero-order valence-electron chi connectivity index (χ0n) is 24.1. The van der Waals surface area contributed by atoms with Gasteiger partial charge in [-0.1, -0.05) is 52.8 Å². The second-order valence-electron chi connectivity index (χ2n) is 12.8. The average Bonchev–Trinajstić information content (AvgIpc) is 3.25. The third-order valence-electron chi connectivity index (χ3n) is 8.00. The van der Waals surface area contributed by atoms with Gasteiger partial charge in [0.05, 0.1) is 17.2 Å². The van der Waals surface area contributed by atoms with Crippen molar-refractivity contribution >= 4 is 29.1 Å². The number of carbonyl (C=O) groups is 3. The number of amides is 3. The monoisotopic (exact) mass is 558 g/mol. The number of alkyl halides is 1. The summed E-state index contributed by atoms with van der Waals surface area (Å²) in [6.07, 6.45) is 9.81. The van der Waals surface area contributed by atoms with Gasteiger partial charge in [0.15, 0.2) is 5.67 Å². The minimum atomic E-state index is -1.87. The van der Waals surface area contributed by atoms with E-state index in [1.807, 2.05) is 33.2 Å². The van der Waals surface area contributed by atoms with Crippen LogP contribution in [0.15, 0.2) is 29.3 Å². The standard InChI is InChI=1S/C30H43FN4O3S/c1-18(2)16-22(20-9-11-21(12-10-20)24-19(3)32-17-39-24)33-26(36)23-8-7-15-35(23)27(37)25(29(4,5)6)34-28(38)30(31)13-14-30/h9-11,17-18,21-23,25H,7-8,12-16H2,1-6H3,(H,33,36)(H,34,38). The van der Waals surface area contributed by atoms with Crippen LogP contribution in [0.5, 0.6) is 0 Å². The Morgan fingerprint density at radius 1 is 1.23 bits per heavy atom. The highest BCUT2D eigenvalue weighted by Gasteiger charge is 2.53. The van der Waals surface area contributed by atoms with Gasteiger partial charge in [-0.05, 0) is 62.4 Å². The molecular formula is C30H43FN4O3S. The van der Waals surface area contributed by atoms with Crippen molar-refractivity contribution in [2.75, 3.05) is 6.54 Å². The van der Waals surface area contributed by atoms with Crippen LogP contribution in [0.2, 0.25) is 0 Å². The maximum absolute atomic E-state index is 14.4. The largest absolute Gasteiger partial charge is 0.348 e. The number of rotatable bonds is 9. The van der Waals surface area contributed by atoms with Crippen LogP contribution in [-0.4, -0.2) is 57.9 Å². The quantitative estimate of drug-likeness (QED) is 0.448. The molecule has 214 valence electrons. The first-order chi connectivity index (χ1) is 18.3. The molecule has 1 aromatic heterocycles. The van der Waals surface area contributed by atoms with E-state index in [9.17, 15) is 18.8 Å². The van der Waals surface area contributed by atoms with Crippen LogP contribution in [0.3, 0.4) is 0 Å². The predicted molar refractivity (Wildman–Crippen MR) is 152 cm³/mol. The molecule has 1 saturated heterocycles. The van der Waals surface area contributed by atoms with E-state index in [1.165, 1.54) is 4.88 Å². The summed E-state index contributed by atoms with van der Waals surface area (Å²) >= 11 is 1.67. The number of likely N-dealkylation sites (tertiary alicyclic amines) is 1. The fourth-order valence-corrected chi connectivity index (χ4v) is 6.39. The Morgan fingerprint density at radius 2 is 1.95 bits per heavy atom. The van der Waals surface area contributed by atoms with Gasteiger partial charge >= 0.3 is 0 Å². The SMILES string of the molecule is Cc1ncsc1C1C=CC(C(CC(C)C)NC(=O)C2CCCN2C(=O)C(NC(=O)C2(F)CC2)C(C)(C)C)=CC1. The van der Waals surface area contributed by atoms with Crippen molar-refractivity contribution in [1.29, 1.82) is 0 Å². The van der Waals surface area contributed by atoms with E-state index in [0.29, 0.717) is 31.2 Å². The number of hydrogen-bond acceptors (Lipinski definition) is 5. The molecule has 7 nitrogen and oxygen atoms in total. The van der Waals surface area contributed by atoms with Gasteiger partial charge in [0, 0.05) is 17.3 Å². The van der Waals surface area contributed by atoms with Crippen LogP contribution >= 0.6 is 11.3 Å². The summed E-state index contributed by atoms with van der Waals surface area (Å²) in [4.78, 5) is 47.1. The normalized spacial score (nSPS) is 23.8. The molecule has 3 amide bonds. The lowest BCUT2D eigenvalue weighted by Gasteiger charge is -2.36. The maximum Gasteiger partial charge on any atom is 0.258 e. The Hall–Kier alpha value is -2.55. The maximum atomic E-state index is 14.4. The minimum Gasteiger partial charge on any atom is -0.348 e.